The van der Waals surface area contributed by atoms with Crippen LogP contribution in [0.4, 0.5) is 5.69 Å². The molecule has 0 saturated carbocycles. The maximum Gasteiger partial charge on any atom is 0.227 e. The van der Waals surface area contributed by atoms with Crippen molar-refractivity contribution in [3.05, 3.63) is 51.7 Å². The van der Waals surface area contributed by atoms with Crippen molar-refractivity contribution < 1.29 is 4.79 Å². The van der Waals surface area contributed by atoms with Gasteiger partial charge in [-0.25, -0.2) is 0 Å². The molecule has 0 atom stereocenters. The number of thiophene rings is 1. The van der Waals surface area contributed by atoms with E-state index in [1.165, 1.54) is 16.8 Å². The van der Waals surface area contributed by atoms with Crippen LogP contribution in [0.25, 0.3) is 0 Å². The van der Waals surface area contributed by atoms with E-state index in [-0.39, 0.29) is 5.91 Å². The molecule has 1 aliphatic rings. The van der Waals surface area contributed by atoms with E-state index in [1.807, 2.05) is 16.3 Å². The molecular weight excluding hydrogens is 292 g/mol. The van der Waals surface area contributed by atoms with Crippen molar-refractivity contribution in [2.45, 2.75) is 20.3 Å². The molecule has 1 amide bonds. The Bertz CT molecular complexity index is 643. The van der Waals surface area contributed by atoms with Crippen molar-refractivity contribution in [2.75, 3.05) is 31.1 Å². The number of aryl methyl sites for hydroxylation is 1. The minimum atomic E-state index is 0.249. The molecule has 2 heterocycles. The minimum Gasteiger partial charge on any atom is -0.368 e. The van der Waals surface area contributed by atoms with Gasteiger partial charge in [0.2, 0.25) is 5.91 Å². The standard InChI is InChI=1S/C18H22N2OS/c1-14-4-3-5-17(15(14)2)19-7-9-20(10-8-19)18(21)12-16-6-11-22-13-16/h3-6,11,13H,7-10,12H2,1-2H3. The van der Waals surface area contributed by atoms with Crippen LogP contribution >= 0.6 is 11.3 Å². The van der Waals surface area contributed by atoms with Gasteiger partial charge in [0.1, 0.15) is 0 Å². The number of benzene rings is 1. The van der Waals surface area contributed by atoms with Gasteiger partial charge in [0.25, 0.3) is 0 Å². The number of hydrogen-bond acceptors (Lipinski definition) is 3. The van der Waals surface area contributed by atoms with Gasteiger partial charge in [0.15, 0.2) is 0 Å². The van der Waals surface area contributed by atoms with Crippen LogP contribution in [0.15, 0.2) is 35.0 Å². The zero-order valence-corrected chi connectivity index (χ0v) is 14.0. The molecule has 1 aromatic carbocycles. The molecule has 1 aliphatic heterocycles. The Hall–Kier alpha value is -1.81. The van der Waals surface area contributed by atoms with Crippen LogP contribution < -0.4 is 4.90 Å². The first-order valence-electron chi connectivity index (χ1n) is 7.75. The number of piperazine rings is 1. The SMILES string of the molecule is Cc1cccc(N2CCN(C(=O)Cc3ccsc3)CC2)c1C. The fourth-order valence-corrected chi connectivity index (χ4v) is 3.62. The highest BCUT2D eigenvalue weighted by Gasteiger charge is 2.22. The molecule has 0 N–H and O–H groups in total. The van der Waals surface area contributed by atoms with Crippen molar-refractivity contribution in [3.63, 3.8) is 0 Å². The normalized spacial score (nSPS) is 15.2. The summed E-state index contributed by atoms with van der Waals surface area (Å²) in [6.07, 6.45) is 0.535. The van der Waals surface area contributed by atoms with Crippen molar-refractivity contribution in [1.29, 1.82) is 0 Å². The van der Waals surface area contributed by atoms with Crippen LogP contribution in [0.1, 0.15) is 16.7 Å². The lowest BCUT2D eigenvalue weighted by Crippen LogP contribution is -2.49. The molecule has 116 valence electrons. The Morgan fingerprint density at radius 1 is 1.14 bits per heavy atom. The van der Waals surface area contributed by atoms with E-state index in [1.54, 1.807) is 11.3 Å². The summed E-state index contributed by atoms with van der Waals surface area (Å²) in [7, 11) is 0. The van der Waals surface area contributed by atoms with Crippen molar-refractivity contribution in [2.24, 2.45) is 0 Å². The van der Waals surface area contributed by atoms with E-state index >= 15 is 0 Å². The van der Waals surface area contributed by atoms with Crippen molar-refractivity contribution >= 4 is 22.9 Å². The molecule has 0 bridgehead atoms. The molecular formula is C18H22N2OS. The molecule has 3 nitrogen and oxygen atoms in total. The van der Waals surface area contributed by atoms with Crippen molar-refractivity contribution in [1.82, 2.24) is 4.90 Å². The molecule has 2 aromatic rings. The lowest BCUT2D eigenvalue weighted by molar-refractivity contribution is -0.130. The van der Waals surface area contributed by atoms with Gasteiger partial charge in [-0.15, -0.1) is 0 Å². The Labute approximate surface area is 136 Å². The average molecular weight is 314 g/mol. The predicted octanol–water partition coefficient (Wildman–Crippen LogP) is 3.26. The number of amides is 1. The third-order valence-corrected chi connectivity index (χ3v) is 5.22. The zero-order valence-electron chi connectivity index (χ0n) is 13.2. The minimum absolute atomic E-state index is 0.249. The zero-order chi connectivity index (χ0) is 15.5. The van der Waals surface area contributed by atoms with Crippen LogP contribution in [-0.4, -0.2) is 37.0 Å². The van der Waals surface area contributed by atoms with Crippen LogP contribution in [0, 0.1) is 13.8 Å². The number of rotatable bonds is 3. The van der Waals surface area contributed by atoms with Gasteiger partial charge >= 0.3 is 0 Å². The highest BCUT2D eigenvalue weighted by atomic mass is 32.1. The van der Waals surface area contributed by atoms with Gasteiger partial charge in [-0.05, 0) is 53.4 Å². The lowest BCUT2D eigenvalue weighted by atomic mass is 10.1. The van der Waals surface area contributed by atoms with E-state index in [4.69, 9.17) is 0 Å². The Morgan fingerprint density at radius 3 is 2.59 bits per heavy atom. The second-order valence-corrected chi connectivity index (χ2v) is 6.68. The van der Waals surface area contributed by atoms with E-state index in [0.717, 1.165) is 31.7 Å². The summed E-state index contributed by atoms with van der Waals surface area (Å²) in [4.78, 5) is 16.7. The number of carbonyl (C=O) groups excluding carboxylic acids is 1. The Balaban J connectivity index is 1.60. The first-order valence-corrected chi connectivity index (χ1v) is 8.69. The second kappa shape index (κ2) is 6.53. The van der Waals surface area contributed by atoms with E-state index in [0.29, 0.717) is 6.42 Å². The summed E-state index contributed by atoms with van der Waals surface area (Å²) in [5.74, 6) is 0.249. The summed E-state index contributed by atoms with van der Waals surface area (Å²) < 4.78 is 0. The lowest BCUT2D eigenvalue weighted by Gasteiger charge is -2.37. The van der Waals surface area contributed by atoms with Crippen LogP contribution in [0.2, 0.25) is 0 Å². The molecule has 0 aliphatic carbocycles. The highest BCUT2D eigenvalue weighted by Crippen LogP contribution is 2.24. The first-order chi connectivity index (χ1) is 10.6. The second-order valence-electron chi connectivity index (χ2n) is 5.90. The molecule has 0 spiro atoms. The number of nitrogens with zero attached hydrogens (tertiary/aromatic N) is 2. The van der Waals surface area contributed by atoms with Crippen LogP contribution in [-0.2, 0) is 11.2 Å². The van der Waals surface area contributed by atoms with Crippen LogP contribution in [0.3, 0.4) is 0 Å². The molecule has 3 rings (SSSR count). The summed E-state index contributed by atoms with van der Waals surface area (Å²) in [6.45, 7) is 7.80. The molecule has 4 heteroatoms. The monoisotopic (exact) mass is 314 g/mol. The molecule has 22 heavy (non-hydrogen) atoms. The van der Waals surface area contributed by atoms with Crippen LogP contribution in [0.5, 0.6) is 0 Å². The summed E-state index contributed by atoms with van der Waals surface area (Å²) in [5.41, 5.74) is 5.12. The number of hydrogen-bond donors (Lipinski definition) is 0. The number of anilines is 1. The Kier molecular flexibility index (Phi) is 4.48. The highest BCUT2D eigenvalue weighted by molar-refractivity contribution is 7.08. The summed E-state index contributed by atoms with van der Waals surface area (Å²) in [6, 6.07) is 8.49. The van der Waals surface area contributed by atoms with E-state index < -0.39 is 0 Å². The smallest absolute Gasteiger partial charge is 0.227 e. The van der Waals surface area contributed by atoms with Gasteiger partial charge in [0.05, 0.1) is 6.42 Å². The molecule has 1 aromatic heterocycles. The fourth-order valence-electron chi connectivity index (χ4n) is 2.95. The van der Waals surface area contributed by atoms with Gasteiger partial charge in [-0.1, -0.05) is 12.1 Å². The maximum absolute atomic E-state index is 12.3. The predicted molar refractivity (Wildman–Crippen MR) is 92.7 cm³/mol. The fraction of sp³-hybridized carbons (Fsp3) is 0.389. The molecule has 0 unspecified atom stereocenters. The first kappa shape index (κ1) is 15.1. The largest absolute Gasteiger partial charge is 0.368 e. The maximum atomic E-state index is 12.3. The third kappa shape index (κ3) is 3.17. The van der Waals surface area contributed by atoms with Gasteiger partial charge in [-0.2, -0.15) is 11.3 Å². The summed E-state index contributed by atoms with van der Waals surface area (Å²) in [5, 5.41) is 4.09. The topological polar surface area (TPSA) is 23.6 Å². The summed E-state index contributed by atoms with van der Waals surface area (Å²) >= 11 is 1.65. The third-order valence-electron chi connectivity index (χ3n) is 4.48. The average Bonchev–Trinajstić information content (AvgIpc) is 3.03. The van der Waals surface area contributed by atoms with Gasteiger partial charge in [0, 0.05) is 31.9 Å². The molecule has 0 radical (unpaired) electrons. The van der Waals surface area contributed by atoms with Gasteiger partial charge < -0.3 is 9.80 Å². The number of carbonyl (C=O) groups is 1. The Morgan fingerprint density at radius 2 is 1.91 bits per heavy atom. The van der Waals surface area contributed by atoms with E-state index in [2.05, 4.69) is 42.3 Å². The van der Waals surface area contributed by atoms with Gasteiger partial charge in [-0.3, -0.25) is 4.79 Å². The molecule has 1 saturated heterocycles. The van der Waals surface area contributed by atoms with Crippen molar-refractivity contribution in [3.8, 4) is 0 Å². The van der Waals surface area contributed by atoms with E-state index in [9.17, 15) is 4.79 Å². The quantitative estimate of drug-likeness (QED) is 0.868. The molecule has 1 fully saturated rings.